The molecule has 0 fully saturated rings. The minimum Gasteiger partial charge on any atom is -0.309 e. The number of nitrogens with zero attached hydrogens (tertiary/aromatic N) is 3. The van der Waals surface area contributed by atoms with Crippen LogP contribution in [-0.2, 0) is 15.4 Å². The second-order valence-corrected chi connectivity index (χ2v) is 20.8. The predicted octanol–water partition coefficient (Wildman–Crippen LogP) is 14.1. The van der Waals surface area contributed by atoms with Crippen LogP contribution in [0, 0.1) is 0 Å². The Morgan fingerprint density at radius 2 is 0.597 bits per heavy atom. The Bertz CT molecular complexity index is 3450. The minimum absolute atomic E-state index is 0.737. The van der Waals surface area contributed by atoms with E-state index < -0.39 is 18.0 Å². The van der Waals surface area contributed by atoms with Gasteiger partial charge in [0.05, 0.1) is 72.2 Å². The maximum Gasteiger partial charge on any atom is 0.183 e. The molecule has 5 aliphatic heterocycles. The highest BCUT2D eigenvalue weighted by Gasteiger charge is 2.61. The molecule has 0 bridgehead atoms. The summed E-state index contributed by atoms with van der Waals surface area (Å²) in [6.45, 7) is 0. The first-order valence-electron chi connectivity index (χ1n) is 23.1. The van der Waals surface area contributed by atoms with Crippen LogP contribution in [0.25, 0.3) is 0 Å². The SMILES string of the molecule is O=P12c3c4cccc3N3c5ccccc5C(c5ccccc5)(c5ccccc5)c5ccc(c1c53)N(c1ccccc1)c1ccc3c(c12)N4c1ccccc1C3(c1ccccc1)c1ccccc1. The molecular weight excluding hydrogens is 834 g/mol. The summed E-state index contributed by atoms with van der Waals surface area (Å²) in [5.74, 6) is 0. The summed E-state index contributed by atoms with van der Waals surface area (Å²) in [5, 5.41) is 2.68. The quantitative estimate of drug-likeness (QED) is 0.161. The van der Waals surface area contributed by atoms with Crippen molar-refractivity contribution in [2.24, 2.45) is 0 Å². The summed E-state index contributed by atoms with van der Waals surface area (Å²) in [6, 6.07) is 88.2. The van der Waals surface area contributed by atoms with Crippen molar-refractivity contribution >= 4 is 74.2 Å². The summed E-state index contributed by atoms with van der Waals surface area (Å²) in [5.41, 5.74) is 16.8. The molecule has 314 valence electrons. The number of para-hydroxylation sites is 3. The first kappa shape index (κ1) is 37.1. The van der Waals surface area contributed by atoms with Gasteiger partial charge < -0.3 is 19.3 Å². The van der Waals surface area contributed by atoms with Gasteiger partial charge in [-0.15, -0.1) is 0 Å². The lowest BCUT2D eigenvalue weighted by Gasteiger charge is -2.56. The standard InChI is InChI=1S/C62H40N3OP/c66-67-58-52-35-20-36-53(58)65-51-34-19-17-32-47(51)62(43-25-10-3-11-26-43,44-27-12-4-13-28-44)49-38-40-55(60(67)57(49)65)63(45-29-14-5-15-30-45)54-39-37-48-56(59(54)67)64(52)50-33-18-16-31-46(50)61(48,41-21-6-1-7-22-41)42-23-8-2-9-24-42/h1-40H. The zero-order chi connectivity index (χ0) is 44.1. The number of hydrogen-bond acceptors (Lipinski definition) is 4. The fourth-order valence-corrected chi connectivity index (χ4v) is 16.7. The number of fused-ring (bicyclic) bond motifs is 6. The first-order chi connectivity index (χ1) is 33.2. The van der Waals surface area contributed by atoms with Crippen LogP contribution in [0.1, 0.15) is 44.5 Å². The van der Waals surface area contributed by atoms with Gasteiger partial charge in [0.15, 0.2) is 7.14 Å². The molecule has 0 aliphatic carbocycles. The van der Waals surface area contributed by atoms with Crippen molar-refractivity contribution in [3.05, 3.63) is 287 Å². The van der Waals surface area contributed by atoms with E-state index in [4.69, 9.17) is 0 Å². The van der Waals surface area contributed by atoms with Crippen LogP contribution < -0.4 is 30.6 Å². The minimum atomic E-state index is -3.76. The highest BCUT2D eigenvalue weighted by Crippen LogP contribution is 2.72. The maximum atomic E-state index is 18.4. The van der Waals surface area contributed by atoms with Gasteiger partial charge in [0.25, 0.3) is 0 Å². The van der Waals surface area contributed by atoms with Crippen molar-refractivity contribution in [2.75, 3.05) is 14.7 Å². The molecule has 0 saturated heterocycles. The molecular formula is C62H40N3OP. The molecule has 10 aromatic carbocycles. The van der Waals surface area contributed by atoms with Gasteiger partial charge in [0.2, 0.25) is 0 Å². The molecule has 10 aromatic rings. The summed E-state index contributed by atoms with van der Waals surface area (Å²) >= 11 is 0. The Morgan fingerprint density at radius 1 is 0.269 bits per heavy atom. The van der Waals surface area contributed by atoms with Crippen molar-refractivity contribution in [1.29, 1.82) is 0 Å². The fraction of sp³-hybridized carbons (Fsp3) is 0.0323. The monoisotopic (exact) mass is 873 g/mol. The van der Waals surface area contributed by atoms with Crippen molar-refractivity contribution in [3.63, 3.8) is 0 Å². The average Bonchev–Trinajstić information content (AvgIpc) is 3.40. The van der Waals surface area contributed by atoms with E-state index in [1.54, 1.807) is 0 Å². The van der Waals surface area contributed by atoms with Crippen LogP contribution in [0.4, 0.5) is 51.2 Å². The van der Waals surface area contributed by atoms with Gasteiger partial charge in [-0.05, 0) is 93.0 Å². The van der Waals surface area contributed by atoms with Crippen LogP contribution in [0.2, 0.25) is 0 Å². The third-order valence-corrected chi connectivity index (χ3v) is 18.6. The lowest BCUT2D eigenvalue weighted by atomic mass is 9.62. The van der Waals surface area contributed by atoms with Gasteiger partial charge in [-0.2, -0.15) is 0 Å². The molecule has 4 nitrogen and oxygen atoms in total. The van der Waals surface area contributed by atoms with Gasteiger partial charge in [-0.3, -0.25) is 0 Å². The first-order valence-corrected chi connectivity index (χ1v) is 24.8. The van der Waals surface area contributed by atoms with Gasteiger partial charge in [-0.1, -0.05) is 194 Å². The Hall–Kier alpha value is -8.17. The Labute approximate surface area is 389 Å². The van der Waals surface area contributed by atoms with E-state index in [1.807, 2.05) is 0 Å². The molecule has 0 spiro atoms. The molecule has 0 radical (unpaired) electrons. The molecule has 5 heteroatoms. The van der Waals surface area contributed by atoms with Crippen LogP contribution in [0.5, 0.6) is 0 Å². The Kier molecular flexibility index (Phi) is 7.32. The third kappa shape index (κ3) is 4.34. The molecule has 0 aromatic heterocycles. The maximum absolute atomic E-state index is 18.4. The predicted molar refractivity (Wildman–Crippen MR) is 274 cm³/mol. The molecule has 15 rings (SSSR count). The topological polar surface area (TPSA) is 26.8 Å². The third-order valence-electron chi connectivity index (χ3n) is 15.4. The van der Waals surface area contributed by atoms with E-state index in [9.17, 15) is 0 Å². The van der Waals surface area contributed by atoms with E-state index >= 15 is 4.57 Å². The van der Waals surface area contributed by atoms with Crippen molar-refractivity contribution in [2.45, 2.75) is 10.8 Å². The van der Waals surface area contributed by atoms with Crippen molar-refractivity contribution in [3.8, 4) is 0 Å². The number of hydrogen-bond donors (Lipinski definition) is 0. The lowest BCUT2D eigenvalue weighted by Crippen LogP contribution is -2.52. The van der Waals surface area contributed by atoms with Crippen molar-refractivity contribution in [1.82, 2.24) is 0 Å². The molecule has 0 N–H and O–H groups in total. The van der Waals surface area contributed by atoms with Gasteiger partial charge in [0, 0.05) is 5.69 Å². The highest BCUT2D eigenvalue weighted by atomic mass is 31.2. The van der Waals surface area contributed by atoms with Crippen LogP contribution >= 0.6 is 7.14 Å². The normalized spacial score (nSPS) is 16.1. The lowest BCUT2D eigenvalue weighted by molar-refractivity contribution is 0.591. The van der Waals surface area contributed by atoms with Gasteiger partial charge in [-0.25, -0.2) is 0 Å². The average molecular weight is 874 g/mol. The molecule has 67 heavy (non-hydrogen) atoms. The Morgan fingerprint density at radius 3 is 1.00 bits per heavy atom. The van der Waals surface area contributed by atoms with Crippen molar-refractivity contribution < 1.29 is 4.57 Å². The molecule has 0 atom stereocenters. The van der Waals surface area contributed by atoms with Gasteiger partial charge in [0.1, 0.15) is 0 Å². The zero-order valence-corrected chi connectivity index (χ0v) is 37.2. The summed E-state index contributed by atoms with van der Waals surface area (Å²) in [4.78, 5) is 7.34. The molecule has 0 unspecified atom stereocenters. The second kappa shape index (κ2) is 13.2. The van der Waals surface area contributed by atoms with E-state index in [-0.39, 0.29) is 0 Å². The van der Waals surface area contributed by atoms with E-state index in [0.29, 0.717) is 0 Å². The summed E-state index contributed by atoms with van der Waals surface area (Å²) in [6.07, 6.45) is 0. The highest BCUT2D eigenvalue weighted by molar-refractivity contribution is 7.87. The smallest absolute Gasteiger partial charge is 0.183 e. The summed E-state index contributed by atoms with van der Waals surface area (Å²) < 4.78 is 18.4. The molecule has 0 saturated carbocycles. The molecule has 5 aliphatic rings. The van der Waals surface area contributed by atoms with Crippen LogP contribution in [0.15, 0.2) is 243 Å². The van der Waals surface area contributed by atoms with E-state index in [0.717, 1.165) is 100 Å². The van der Waals surface area contributed by atoms with Gasteiger partial charge >= 0.3 is 0 Å². The second-order valence-electron chi connectivity index (χ2n) is 18.3. The summed E-state index contributed by atoms with van der Waals surface area (Å²) in [7, 11) is -3.76. The number of anilines is 9. The molecule has 5 heterocycles. The van der Waals surface area contributed by atoms with E-state index in [1.165, 1.54) is 11.1 Å². The van der Waals surface area contributed by atoms with E-state index in [2.05, 4.69) is 257 Å². The largest absolute Gasteiger partial charge is 0.309 e. The fourth-order valence-electron chi connectivity index (χ4n) is 13.0. The molecule has 0 amide bonds. The van der Waals surface area contributed by atoms with Crippen LogP contribution in [-0.4, -0.2) is 0 Å². The number of benzene rings is 10. The Balaban J connectivity index is 1.17. The van der Waals surface area contributed by atoms with Crippen LogP contribution in [0.3, 0.4) is 0 Å². The zero-order valence-electron chi connectivity index (χ0n) is 36.3. The number of rotatable bonds is 5.